The highest BCUT2D eigenvalue weighted by Crippen LogP contribution is 2.11. The topological polar surface area (TPSA) is 76.7 Å². The molecule has 0 aliphatic rings. The van der Waals surface area contributed by atoms with Crippen molar-refractivity contribution in [2.24, 2.45) is 0 Å². The smallest absolute Gasteiger partial charge is 0.354 e. The zero-order chi connectivity index (χ0) is 10.8. The number of carboxylic acids is 1. The normalized spacial score (nSPS) is 10.7. The van der Waals surface area contributed by atoms with Gasteiger partial charge in [0.1, 0.15) is 5.69 Å². The fourth-order valence-corrected chi connectivity index (χ4v) is 1.40. The van der Waals surface area contributed by atoms with Gasteiger partial charge in [-0.3, -0.25) is 4.40 Å². The third kappa shape index (κ3) is 1.55. The molecule has 78 valence electrons. The lowest BCUT2D eigenvalue weighted by Crippen LogP contribution is -2.06. The summed E-state index contributed by atoms with van der Waals surface area (Å²) in [4.78, 5) is 19.1. The number of aromatic carboxylic acids is 1. The molecule has 0 aliphatic carbocycles. The van der Waals surface area contributed by atoms with Crippen molar-refractivity contribution < 1.29 is 14.6 Å². The van der Waals surface area contributed by atoms with Crippen molar-refractivity contribution in [1.82, 2.24) is 14.4 Å². The Morgan fingerprint density at radius 2 is 2.47 bits per heavy atom. The van der Waals surface area contributed by atoms with Crippen molar-refractivity contribution in [2.75, 3.05) is 7.11 Å². The van der Waals surface area contributed by atoms with Crippen LogP contribution in [0.3, 0.4) is 0 Å². The van der Waals surface area contributed by atoms with E-state index in [1.54, 1.807) is 18.5 Å². The monoisotopic (exact) mass is 207 g/mol. The summed E-state index contributed by atoms with van der Waals surface area (Å²) < 4.78 is 6.31. The molecular weight excluding hydrogens is 198 g/mol. The molecule has 2 rings (SSSR count). The number of fused-ring (bicyclic) bond motifs is 1. The van der Waals surface area contributed by atoms with Crippen molar-refractivity contribution in [3.8, 4) is 0 Å². The number of nitrogens with zero attached hydrogens (tertiary/aromatic N) is 3. The van der Waals surface area contributed by atoms with Crippen LogP contribution in [0.15, 0.2) is 18.5 Å². The molecule has 0 aliphatic heterocycles. The summed E-state index contributed by atoms with van der Waals surface area (Å²) in [5.41, 5.74) is 0.476. The third-order valence-electron chi connectivity index (χ3n) is 1.96. The highest BCUT2D eigenvalue weighted by atomic mass is 16.5. The van der Waals surface area contributed by atoms with Crippen molar-refractivity contribution in [1.29, 1.82) is 0 Å². The molecule has 0 amide bonds. The minimum Gasteiger partial charge on any atom is -0.477 e. The predicted molar refractivity (Wildman–Crippen MR) is 50.7 cm³/mol. The Kier molecular flexibility index (Phi) is 2.34. The van der Waals surface area contributed by atoms with E-state index in [0.29, 0.717) is 11.5 Å². The van der Waals surface area contributed by atoms with E-state index in [2.05, 4.69) is 9.97 Å². The molecule has 0 aromatic carbocycles. The van der Waals surface area contributed by atoms with Gasteiger partial charge in [0.2, 0.25) is 5.78 Å². The van der Waals surface area contributed by atoms with Gasteiger partial charge in [0, 0.05) is 19.5 Å². The molecule has 0 saturated heterocycles. The van der Waals surface area contributed by atoms with Crippen molar-refractivity contribution in [3.05, 3.63) is 29.8 Å². The summed E-state index contributed by atoms with van der Waals surface area (Å²) in [5.74, 6) is -0.676. The molecule has 6 heteroatoms. The molecule has 0 saturated carbocycles. The molecule has 2 heterocycles. The number of aromatic nitrogens is 3. The first kappa shape index (κ1) is 9.60. The number of imidazole rings is 1. The van der Waals surface area contributed by atoms with E-state index in [9.17, 15) is 4.79 Å². The Morgan fingerprint density at radius 1 is 1.67 bits per heavy atom. The summed E-state index contributed by atoms with van der Waals surface area (Å²) in [6, 6.07) is 1.65. The molecule has 0 unspecified atom stereocenters. The standard InChI is InChI=1S/C9H9N3O3/c1-15-5-6-7(8(13)14)12-4-2-3-10-9(12)11-6/h2-4H,5H2,1H3,(H,13,14). The van der Waals surface area contributed by atoms with E-state index in [-0.39, 0.29) is 12.3 Å². The average molecular weight is 207 g/mol. The molecule has 6 nitrogen and oxygen atoms in total. The molecule has 0 spiro atoms. The van der Waals surface area contributed by atoms with E-state index in [0.717, 1.165) is 0 Å². The van der Waals surface area contributed by atoms with E-state index < -0.39 is 5.97 Å². The summed E-state index contributed by atoms with van der Waals surface area (Å²) in [7, 11) is 1.49. The SMILES string of the molecule is COCc1nc2ncccn2c1C(=O)O. The number of hydrogen-bond acceptors (Lipinski definition) is 4. The average Bonchev–Trinajstić information content (AvgIpc) is 2.56. The number of rotatable bonds is 3. The number of ether oxygens (including phenoxy) is 1. The van der Waals surface area contributed by atoms with Crippen LogP contribution >= 0.6 is 0 Å². The quantitative estimate of drug-likeness (QED) is 0.796. The molecule has 2 aromatic rings. The maximum atomic E-state index is 11.0. The largest absolute Gasteiger partial charge is 0.477 e. The Morgan fingerprint density at radius 3 is 3.13 bits per heavy atom. The van der Waals surface area contributed by atoms with Gasteiger partial charge in [-0.05, 0) is 6.07 Å². The first-order chi connectivity index (χ1) is 7.24. The van der Waals surface area contributed by atoms with Gasteiger partial charge in [-0.1, -0.05) is 0 Å². The number of carbonyl (C=O) groups is 1. The maximum absolute atomic E-state index is 11.0. The van der Waals surface area contributed by atoms with Crippen LogP contribution in [0, 0.1) is 0 Å². The summed E-state index contributed by atoms with van der Waals surface area (Å²) >= 11 is 0. The number of carboxylic acid groups (broad SMARTS) is 1. The van der Waals surface area contributed by atoms with Crippen LogP contribution in [0.1, 0.15) is 16.2 Å². The molecule has 1 N–H and O–H groups in total. The highest BCUT2D eigenvalue weighted by Gasteiger charge is 2.18. The minimum atomic E-state index is -1.04. The fraction of sp³-hybridized carbons (Fsp3) is 0.222. The Labute approximate surface area is 85.2 Å². The van der Waals surface area contributed by atoms with Gasteiger partial charge in [-0.2, -0.15) is 0 Å². The number of hydrogen-bond donors (Lipinski definition) is 1. The van der Waals surface area contributed by atoms with E-state index in [4.69, 9.17) is 9.84 Å². The summed E-state index contributed by atoms with van der Waals surface area (Å²) in [5, 5.41) is 9.04. The first-order valence-electron chi connectivity index (χ1n) is 4.28. The molecule has 0 atom stereocenters. The van der Waals surface area contributed by atoms with Gasteiger partial charge in [-0.25, -0.2) is 14.8 Å². The maximum Gasteiger partial charge on any atom is 0.354 e. The van der Waals surface area contributed by atoms with E-state index >= 15 is 0 Å². The van der Waals surface area contributed by atoms with Crippen LogP contribution in [-0.4, -0.2) is 32.6 Å². The summed E-state index contributed by atoms with van der Waals surface area (Å²) in [6.45, 7) is 0.158. The van der Waals surface area contributed by atoms with Crippen molar-refractivity contribution in [3.63, 3.8) is 0 Å². The zero-order valence-electron chi connectivity index (χ0n) is 8.04. The first-order valence-corrected chi connectivity index (χ1v) is 4.28. The lowest BCUT2D eigenvalue weighted by atomic mass is 10.3. The third-order valence-corrected chi connectivity index (χ3v) is 1.96. The lowest BCUT2D eigenvalue weighted by molar-refractivity contribution is 0.0683. The fourth-order valence-electron chi connectivity index (χ4n) is 1.40. The second-order valence-corrected chi connectivity index (χ2v) is 2.93. The molecule has 15 heavy (non-hydrogen) atoms. The van der Waals surface area contributed by atoms with Gasteiger partial charge in [0.15, 0.2) is 5.69 Å². The van der Waals surface area contributed by atoms with Crippen molar-refractivity contribution >= 4 is 11.7 Å². The second kappa shape index (κ2) is 3.66. The van der Waals surface area contributed by atoms with Gasteiger partial charge in [0.25, 0.3) is 0 Å². The minimum absolute atomic E-state index is 0.0972. The lowest BCUT2D eigenvalue weighted by Gasteiger charge is -1.97. The summed E-state index contributed by atoms with van der Waals surface area (Å²) in [6.07, 6.45) is 3.17. The zero-order valence-corrected chi connectivity index (χ0v) is 8.04. The van der Waals surface area contributed by atoms with E-state index in [1.807, 2.05) is 0 Å². The molecule has 0 radical (unpaired) electrons. The molecule has 0 fully saturated rings. The van der Waals surface area contributed by atoms with Crippen LogP contribution in [0.5, 0.6) is 0 Å². The van der Waals surface area contributed by atoms with Gasteiger partial charge >= 0.3 is 5.97 Å². The number of methoxy groups -OCH3 is 1. The Bertz CT molecular complexity index is 506. The van der Waals surface area contributed by atoms with Gasteiger partial charge in [0.05, 0.1) is 6.61 Å². The van der Waals surface area contributed by atoms with Crippen LogP contribution < -0.4 is 0 Å². The van der Waals surface area contributed by atoms with Crippen LogP contribution in [0.2, 0.25) is 0 Å². The second-order valence-electron chi connectivity index (χ2n) is 2.93. The molecular formula is C9H9N3O3. The highest BCUT2D eigenvalue weighted by molar-refractivity contribution is 5.88. The van der Waals surface area contributed by atoms with Crippen LogP contribution in [0.4, 0.5) is 0 Å². The van der Waals surface area contributed by atoms with Crippen molar-refractivity contribution in [2.45, 2.75) is 6.61 Å². The Hall–Kier alpha value is -1.95. The van der Waals surface area contributed by atoms with Gasteiger partial charge < -0.3 is 9.84 Å². The Balaban J connectivity index is 2.69. The molecule has 2 aromatic heterocycles. The van der Waals surface area contributed by atoms with Gasteiger partial charge in [-0.15, -0.1) is 0 Å². The van der Waals surface area contributed by atoms with Crippen LogP contribution in [0.25, 0.3) is 5.78 Å². The molecule has 0 bridgehead atoms. The van der Waals surface area contributed by atoms with Crippen LogP contribution in [-0.2, 0) is 11.3 Å². The predicted octanol–water partition coefficient (Wildman–Crippen LogP) is 0.574. The van der Waals surface area contributed by atoms with E-state index in [1.165, 1.54) is 11.5 Å².